The molecule has 0 saturated carbocycles. The fourth-order valence-electron chi connectivity index (χ4n) is 5.23. The highest BCUT2D eigenvalue weighted by Crippen LogP contribution is 2.39. The van der Waals surface area contributed by atoms with Crippen LogP contribution in [0.2, 0.25) is 0 Å². The van der Waals surface area contributed by atoms with E-state index in [9.17, 15) is 9.59 Å². The lowest BCUT2D eigenvalue weighted by molar-refractivity contribution is 0.0542. The minimum absolute atomic E-state index is 0.0921. The number of benzene rings is 2. The number of carbonyl (C=O) groups is 2. The Labute approximate surface area is 218 Å². The van der Waals surface area contributed by atoms with E-state index in [1.54, 1.807) is 30.0 Å². The molecule has 198 valence electrons. The molecule has 0 radical (unpaired) electrons. The van der Waals surface area contributed by atoms with Crippen LogP contribution in [0.5, 0.6) is 5.75 Å². The topological polar surface area (TPSA) is 96.0 Å². The van der Waals surface area contributed by atoms with Crippen LogP contribution in [0.1, 0.15) is 73.1 Å². The fraction of sp³-hybridized carbons (Fsp3) is 0.448. The molecule has 8 nitrogen and oxygen atoms in total. The number of methoxy groups -OCH3 is 2. The van der Waals surface area contributed by atoms with E-state index in [0.29, 0.717) is 17.8 Å². The number of aryl methyl sites for hydroxylation is 1. The number of carbonyl (C=O) groups excluding carboxylic acids is 2. The molecule has 0 spiro atoms. The number of rotatable bonds is 5. The summed E-state index contributed by atoms with van der Waals surface area (Å²) in [6.07, 6.45) is 4.49. The Bertz CT molecular complexity index is 1320. The summed E-state index contributed by atoms with van der Waals surface area (Å²) < 4.78 is 17.9. The van der Waals surface area contributed by atoms with E-state index in [1.165, 1.54) is 7.11 Å². The number of piperidine rings is 1. The molecule has 1 fully saturated rings. The largest absolute Gasteiger partial charge is 0.496 e. The Morgan fingerprint density at radius 1 is 1.11 bits per heavy atom. The van der Waals surface area contributed by atoms with Gasteiger partial charge >= 0.3 is 12.1 Å². The molecule has 3 aromatic rings. The molecule has 0 aliphatic carbocycles. The van der Waals surface area contributed by atoms with E-state index in [1.807, 2.05) is 45.9 Å². The molecule has 0 amide bonds. The first-order chi connectivity index (χ1) is 17.5. The molecule has 1 saturated heterocycles. The van der Waals surface area contributed by atoms with Gasteiger partial charge in [-0.3, -0.25) is 9.47 Å². The minimum Gasteiger partial charge on any atom is -0.496 e. The third kappa shape index (κ3) is 5.44. The molecule has 8 heteroatoms. The number of likely N-dealkylation sites (tertiary alicyclic amines) is 1. The summed E-state index contributed by atoms with van der Waals surface area (Å²) >= 11 is 0. The highest BCUT2D eigenvalue weighted by atomic mass is 16.6. The van der Waals surface area contributed by atoms with Gasteiger partial charge in [-0.15, -0.1) is 0 Å². The van der Waals surface area contributed by atoms with Gasteiger partial charge in [0, 0.05) is 35.4 Å². The molecule has 1 aromatic heterocycles. The number of nitrogens with zero attached hydrogens (tertiary/aromatic N) is 2. The zero-order valence-corrected chi connectivity index (χ0v) is 22.6. The van der Waals surface area contributed by atoms with Crippen molar-refractivity contribution in [1.82, 2.24) is 9.47 Å². The van der Waals surface area contributed by atoms with Crippen LogP contribution in [-0.4, -0.2) is 47.9 Å². The number of aromatic nitrogens is 1. The van der Waals surface area contributed by atoms with Crippen LogP contribution in [-0.2, 0) is 16.0 Å². The zero-order valence-electron chi connectivity index (χ0n) is 22.6. The first-order valence-electron chi connectivity index (χ1n) is 12.7. The van der Waals surface area contributed by atoms with Crippen LogP contribution in [0.3, 0.4) is 0 Å². The maximum absolute atomic E-state index is 13.0. The summed E-state index contributed by atoms with van der Waals surface area (Å²) in [6.45, 7) is 9.07. The number of esters is 1. The average Bonchev–Trinajstić information content (AvgIpc) is 3.31. The third-order valence-corrected chi connectivity index (χ3v) is 6.88. The van der Waals surface area contributed by atoms with Crippen molar-refractivity contribution in [3.05, 3.63) is 58.8 Å². The first kappa shape index (κ1) is 26.5. The molecular weight excluding hydrogens is 470 g/mol. The SMILES string of the molecule is COC(=O)c1ccc([C@@H]2CCCCN2Cc2c(OC)cc(C)c3c2ccn3C(=O)OC(C)(C)C)c(N)c1. The Morgan fingerprint density at radius 3 is 2.51 bits per heavy atom. The van der Waals surface area contributed by atoms with Crippen LogP contribution in [0.25, 0.3) is 10.9 Å². The summed E-state index contributed by atoms with van der Waals surface area (Å²) in [7, 11) is 3.04. The molecule has 2 aromatic carbocycles. The number of hydrogen-bond donors (Lipinski definition) is 1. The number of anilines is 1. The van der Waals surface area contributed by atoms with Gasteiger partial charge in [0.2, 0.25) is 0 Å². The normalized spacial score (nSPS) is 16.5. The van der Waals surface area contributed by atoms with Gasteiger partial charge in [-0.05, 0) is 82.5 Å². The molecule has 1 aliphatic heterocycles. The molecule has 0 unspecified atom stereocenters. The predicted octanol–water partition coefficient (Wildman–Crippen LogP) is 5.84. The van der Waals surface area contributed by atoms with Gasteiger partial charge in [0.05, 0.1) is 25.3 Å². The Hall–Kier alpha value is -3.52. The number of nitrogen functional groups attached to an aromatic ring is 1. The Morgan fingerprint density at radius 2 is 1.86 bits per heavy atom. The highest BCUT2D eigenvalue weighted by molar-refractivity contribution is 5.95. The van der Waals surface area contributed by atoms with Crippen molar-refractivity contribution in [2.24, 2.45) is 0 Å². The number of ether oxygens (including phenoxy) is 3. The van der Waals surface area contributed by atoms with Gasteiger partial charge in [-0.25, -0.2) is 9.59 Å². The van der Waals surface area contributed by atoms with Crippen LogP contribution in [0.4, 0.5) is 10.5 Å². The van der Waals surface area contributed by atoms with Crippen LogP contribution in [0.15, 0.2) is 36.5 Å². The molecule has 1 atom stereocenters. The molecule has 2 N–H and O–H groups in total. The van der Waals surface area contributed by atoms with Crippen molar-refractivity contribution in [2.75, 3.05) is 26.5 Å². The Balaban J connectivity index is 1.73. The Kier molecular flexibility index (Phi) is 7.50. The summed E-state index contributed by atoms with van der Waals surface area (Å²) in [6, 6.07) is 9.44. The molecule has 37 heavy (non-hydrogen) atoms. The second-order valence-electron chi connectivity index (χ2n) is 10.6. The van der Waals surface area contributed by atoms with E-state index in [2.05, 4.69) is 4.90 Å². The smallest absolute Gasteiger partial charge is 0.419 e. The maximum Gasteiger partial charge on any atom is 0.419 e. The van der Waals surface area contributed by atoms with E-state index in [-0.39, 0.29) is 6.04 Å². The lowest BCUT2D eigenvalue weighted by Crippen LogP contribution is -2.33. The summed E-state index contributed by atoms with van der Waals surface area (Å²) in [5, 5.41) is 0.959. The standard InChI is InChI=1S/C29H37N3O5/c1-18-15-25(35-5)22(20-12-14-32(26(18)20)28(34)37-29(2,3)4)17-31-13-8-7-9-24(31)21-11-10-19(16-23(21)30)27(33)36-6/h10-12,14-16,24H,7-9,13,17,30H2,1-6H3/t24-/m0/s1. The van der Waals surface area contributed by atoms with Gasteiger partial charge in [0.1, 0.15) is 11.4 Å². The molecule has 2 heterocycles. The molecule has 4 rings (SSSR count). The predicted molar refractivity (Wildman–Crippen MR) is 144 cm³/mol. The maximum atomic E-state index is 13.0. The second kappa shape index (κ2) is 10.5. The number of fused-ring (bicyclic) bond motifs is 1. The van der Waals surface area contributed by atoms with Crippen molar-refractivity contribution in [1.29, 1.82) is 0 Å². The monoisotopic (exact) mass is 507 g/mol. The number of hydrogen-bond acceptors (Lipinski definition) is 7. The quantitative estimate of drug-likeness (QED) is 0.342. The van der Waals surface area contributed by atoms with Gasteiger partial charge < -0.3 is 19.9 Å². The van der Waals surface area contributed by atoms with E-state index >= 15 is 0 Å². The minimum atomic E-state index is -0.596. The molecule has 1 aliphatic rings. The zero-order chi connectivity index (χ0) is 26.9. The van der Waals surface area contributed by atoms with Crippen LogP contribution < -0.4 is 10.5 Å². The van der Waals surface area contributed by atoms with Crippen molar-refractivity contribution in [3.63, 3.8) is 0 Å². The van der Waals surface area contributed by atoms with Gasteiger partial charge in [0.25, 0.3) is 0 Å². The average molecular weight is 508 g/mol. The van der Waals surface area contributed by atoms with Crippen molar-refractivity contribution >= 4 is 28.7 Å². The van der Waals surface area contributed by atoms with Crippen molar-refractivity contribution in [3.8, 4) is 5.75 Å². The van der Waals surface area contributed by atoms with Gasteiger partial charge in [0.15, 0.2) is 0 Å². The molecular formula is C29H37N3O5. The third-order valence-electron chi connectivity index (χ3n) is 6.88. The van der Waals surface area contributed by atoms with Gasteiger partial charge in [-0.1, -0.05) is 12.5 Å². The van der Waals surface area contributed by atoms with E-state index in [4.69, 9.17) is 19.9 Å². The summed E-state index contributed by atoms with van der Waals surface area (Å²) in [5.74, 6) is 0.380. The highest BCUT2D eigenvalue weighted by Gasteiger charge is 2.29. The molecule has 0 bridgehead atoms. The number of nitrogens with two attached hydrogens (primary N) is 1. The van der Waals surface area contributed by atoms with E-state index in [0.717, 1.165) is 59.2 Å². The van der Waals surface area contributed by atoms with Crippen LogP contribution >= 0.6 is 0 Å². The van der Waals surface area contributed by atoms with E-state index < -0.39 is 17.7 Å². The lowest BCUT2D eigenvalue weighted by Gasteiger charge is -2.37. The van der Waals surface area contributed by atoms with Crippen LogP contribution in [0, 0.1) is 6.92 Å². The van der Waals surface area contributed by atoms with Crippen molar-refractivity contribution in [2.45, 2.75) is 65.1 Å². The lowest BCUT2D eigenvalue weighted by atomic mass is 9.92. The summed E-state index contributed by atoms with van der Waals surface area (Å²) in [4.78, 5) is 27.3. The second-order valence-corrected chi connectivity index (χ2v) is 10.6. The van der Waals surface area contributed by atoms with Gasteiger partial charge in [-0.2, -0.15) is 0 Å². The summed E-state index contributed by atoms with van der Waals surface area (Å²) in [5.41, 5.74) is 10.6. The first-order valence-corrected chi connectivity index (χ1v) is 12.7. The fourth-order valence-corrected chi connectivity index (χ4v) is 5.23. The van der Waals surface area contributed by atoms with Crippen molar-refractivity contribution < 1.29 is 23.8 Å².